The Morgan fingerprint density at radius 2 is 1.80 bits per heavy atom. The topological polar surface area (TPSA) is 63.4 Å². The number of aryl methyl sites for hydroxylation is 1. The van der Waals surface area contributed by atoms with Gasteiger partial charge in [-0.1, -0.05) is 29.8 Å². The normalized spacial score (nSPS) is 16.6. The molecule has 0 saturated carbocycles. The monoisotopic (exact) mass is 272 g/mol. The Balaban J connectivity index is 1.89. The van der Waals surface area contributed by atoms with Gasteiger partial charge in [0.2, 0.25) is 11.8 Å². The summed E-state index contributed by atoms with van der Waals surface area (Å²) in [6, 6.07) is 8.00. The predicted octanol–water partition coefficient (Wildman–Crippen LogP) is 1.73. The third-order valence-electron chi connectivity index (χ3n) is 3.70. The SMILES string of the molecule is Cc1ccc(C=CC(=O)N2CCC(C(N)=O)CC2)cc1. The Labute approximate surface area is 119 Å². The van der Waals surface area contributed by atoms with Crippen molar-refractivity contribution < 1.29 is 9.59 Å². The summed E-state index contributed by atoms with van der Waals surface area (Å²) >= 11 is 0. The van der Waals surface area contributed by atoms with E-state index in [0.717, 1.165) is 5.56 Å². The Kier molecular flexibility index (Phi) is 4.56. The molecule has 1 aliphatic heterocycles. The van der Waals surface area contributed by atoms with Crippen LogP contribution in [0.1, 0.15) is 24.0 Å². The minimum atomic E-state index is -0.257. The van der Waals surface area contributed by atoms with Gasteiger partial charge in [0, 0.05) is 25.1 Å². The molecule has 0 atom stereocenters. The molecular weight excluding hydrogens is 252 g/mol. The maximum atomic E-state index is 12.0. The van der Waals surface area contributed by atoms with Crippen LogP contribution in [-0.2, 0) is 9.59 Å². The number of likely N-dealkylation sites (tertiary alicyclic amines) is 1. The molecule has 0 aromatic heterocycles. The Morgan fingerprint density at radius 1 is 1.20 bits per heavy atom. The summed E-state index contributed by atoms with van der Waals surface area (Å²) in [5.41, 5.74) is 7.49. The molecule has 0 unspecified atom stereocenters. The molecule has 1 aromatic rings. The highest BCUT2D eigenvalue weighted by molar-refractivity contribution is 5.92. The molecule has 1 fully saturated rings. The average Bonchev–Trinajstić information content (AvgIpc) is 2.46. The van der Waals surface area contributed by atoms with E-state index in [1.54, 1.807) is 11.0 Å². The second-order valence-corrected chi connectivity index (χ2v) is 5.25. The molecule has 106 valence electrons. The van der Waals surface area contributed by atoms with Crippen LogP contribution in [0, 0.1) is 12.8 Å². The minimum absolute atomic E-state index is 0.00602. The molecule has 1 aromatic carbocycles. The van der Waals surface area contributed by atoms with Gasteiger partial charge in [0.05, 0.1) is 0 Å². The Bertz CT molecular complexity index is 512. The van der Waals surface area contributed by atoms with Gasteiger partial charge in [-0.05, 0) is 31.4 Å². The lowest BCUT2D eigenvalue weighted by Crippen LogP contribution is -2.41. The molecule has 0 spiro atoms. The molecule has 2 N–H and O–H groups in total. The van der Waals surface area contributed by atoms with Gasteiger partial charge in [0.15, 0.2) is 0 Å². The summed E-state index contributed by atoms with van der Waals surface area (Å²) in [6.07, 6.45) is 4.75. The highest BCUT2D eigenvalue weighted by Gasteiger charge is 2.24. The fourth-order valence-electron chi connectivity index (χ4n) is 2.33. The van der Waals surface area contributed by atoms with Crippen molar-refractivity contribution >= 4 is 17.9 Å². The second-order valence-electron chi connectivity index (χ2n) is 5.25. The van der Waals surface area contributed by atoms with Gasteiger partial charge in [-0.15, -0.1) is 0 Å². The number of nitrogens with two attached hydrogens (primary N) is 1. The maximum absolute atomic E-state index is 12.0. The summed E-state index contributed by atoms with van der Waals surface area (Å²) in [5.74, 6) is -0.346. The van der Waals surface area contributed by atoms with E-state index in [2.05, 4.69) is 0 Å². The molecule has 0 radical (unpaired) electrons. The first kappa shape index (κ1) is 14.3. The van der Waals surface area contributed by atoms with Gasteiger partial charge in [0.1, 0.15) is 0 Å². The summed E-state index contributed by atoms with van der Waals surface area (Å²) < 4.78 is 0. The molecule has 1 saturated heterocycles. The number of rotatable bonds is 3. The third-order valence-corrected chi connectivity index (χ3v) is 3.70. The number of piperidine rings is 1. The van der Waals surface area contributed by atoms with Crippen molar-refractivity contribution in [2.75, 3.05) is 13.1 Å². The van der Waals surface area contributed by atoms with Gasteiger partial charge < -0.3 is 10.6 Å². The van der Waals surface area contributed by atoms with Crippen LogP contribution in [0.25, 0.3) is 6.08 Å². The van der Waals surface area contributed by atoms with E-state index in [1.165, 1.54) is 5.56 Å². The quantitative estimate of drug-likeness (QED) is 0.852. The van der Waals surface area contributed by atoms with Crippen LogP contribution < -0.4 is 5.73 Å². The molecule has 0 aliphatic carbocycles. The van der Waals surface area contributed by atoms with Crippen molar-refractivity contribution in [3.8, 4) is 0 Å². The van der Waals surface area contributed by atoms with Crippen LogP contribution in [-0.4, -0.2) is 29.8 Å². The minimum Gasteiger partial charge on any atom is -0.369 e. The molecular formula is C16H20N2O2. The van der Waals surface area contributed by atoms with Crippen LogP contribution in [0.2, 0.25) is 0 Å². The van der Waals surface area contributed by atoms with E-state index in [4.69, 9.17) is 5.73 Å². The number of hydrogen-bond acceptors (Lipinski definition) is 2. The summed E-state index contributed by atoms with van der Waals surface area (Å²) in [5, 5.41) is 0. The lowest BCUT2D eigenvalue weighted by atomic mass is 9.96. The summed E-state index contributed by atoms with van der Waals surface area (Å²) in [6.45, 7) is 3.23. The number of carbonyl (C=O) groups is 2. The average molecular weight is 272 g/mol. The van der Waals surface area contributed by atoms with E-state index in [9.17, 15) is 9.59 Å². The number of carbonyl (C=O) groups excluding carboxylic acids is 2. The molecule has 1 heterocycles. The first-order chi connectivity index (χ1) is 9.56. The number of amides is 2. The standard InChI is InChI=1S/C16H20N2O2/c1-12-2-4-13(5-3-12)6-7-15(19)18-10-8-14(9-11-18)16(17)20/h2-7,14H,8-11H2,1H3,(H2,17,20). The van der Waals surface area contributed by atoms with Gasteiger partial charge in [-0.2, -0.15) is 0 Å². The Hall–Kier alpha value is -2.10. The predicted molar refractivity (Wildman–Crippen MR) is 78.7 cm³/mol. The molecule has 20 heavy (non-hydrogen) atoms. The first-order valence-corrected chi connectivity index (χ1v) is 6.89. The van der Waals surface area contributed by atoms with Crippen LogP contribution >= 0.6 is 0 Å². The zero-order valence-corrected chi connectivity index (χ0v) is 11.7. The highest BCUT2D eigenvalue weighted by Crippen LogP contribution is 2.17. The van der Waals surface area contributed by atoms with Gasteiger partial charge in [0.25, 0.3) is 0 Å². The smallest absolute Gasteiger partial charge is 0.246 e. The maximum Gasteiger partial charge on any atom is 0.246 e. The van der Waals surface area contributed by atoms with Crippen molar-refractivity contribution in [3.63, 3.8) is 0 Å². The lowest BCUT2D eigenvalue weighted by Gasteiger charge is -2.29. The van der Waals surface area contributed by atoms with Gasteiger partial charge in [-0.3, -0.25) is 9.59 Å². The fourth-order valence-corrected chi connectivity index (χ4v) is 2.33. The molecule has 4 nitrogen and oxygen atoms in total. The van der Waals surface area contributed by atoms with E-state index in [1.807, 2.05) is 37.3 Å². The van der Waals surface area contributed by atoms with E-state index >= 15 is 0 Å². The number of primary amides is 1. The zero-order valence-electron chi connectivity index (χ0n) is 11.7. The third kappa shape index (κ3) is 3.70. The van der Waals surface area contributed by atoms with Crippen molar-refractivity contribution in [2.45, 2.75) is 19.8 Å². The number of nitrogens with zero attached hydrogens (tertiary/aromatic N) is 1. The van der Waals surface area contributed by atoms with Crippen molar-refractivity contribution in [1.82, 2.24) is 4.90 Å². The van der Waals surface area contributed by atoms with Gasteiger partial charge in [-0.25, -0.2) is 0 Å². The number of benzene rings is 1. The van der Waals surface area contributed by atoms with Crippen LogP contribution in [0.3, 0.4) is 0 Å². The molecule has 2 rings (SSSR count). The Morgan fingerprint density at radius 3 is 2.35 bits per heavy atom. The summed E-state index contributed by atoms with van der Waals surface area (Å²) in [7, 11) is 0. The van der Waals surface area contributed by atoms with E-state index in [-0.39, 0.29) is 17.7 Å². The number of hydrogen-bond donors (Lipinski definition) is 1. The molecule has 4 heteroatoms. The highest BCUT2D eigenvalue weighted by atomic mass is 16.2. The van der Waals surface area contributed by atoms with Crippen LogP contribution in [0.5, 0.6) is 0 Å². The van der Waals surface area contributed by atoms with Gasteiger partial charge >= 0.3 is 0 Å². The fraction of sp³-hybridized carbons (Fsp3) is 0.375. The lowest BCUT2D eigenvalue weighted by molar-refractivity contribution is -0.130. The van der Waals surface area contributed by atoms with E-state index in [0.29, 0.717) is 25.9 Å². The first-order valence-electron chi connectivity index (χ1n) is 6.89. The molecule has 0 bridgehead atoms. The van der Waals surface area contributed by atoms with E-state index < -0.39 is 0 Å². The second kappa shape index (κ2) is 6.37. The van der Waals surface area contributed by atoms with Crippen molar-refractivity contribution in [2.24, 2.45) is 11.7 Å². The molecule has 2 amide bonds. The summed E-state index contributed by atoms with van der Waals surface area (Å²) in [4.78, 5) is 24.9. The van der Waals surface area contributed by atoms with Crippen LogP contribution in [0.15, 0.2) is 30.3 Å². The van der Waals surface area contributed by atoms with Crippen LogP contribution in [0.4, 0.5) is 0 Å². The largest absolute Gasteiger partial charge is 0.369 e. The van der Waals surface area contributed by atoms with Crippen molar-refractivity contribution in [3.05, 3.63) is 41.5 Å². The van der Waals surface area contributed by atoms with Crippen molar-refractivity contribution in [1.29, 1.82) is 0 Å². The zero-order chi connectivity index (χ0) is 14.5. The molecule has 1 aliphatic rings.